The fraction of sp³-hybridized carbons (Fsp3) is 0. The number of pyridine rings is 1. The van der Waals surface area contributed by atoms with Gasteiger partial charge in [0.15, 0.2) is 17.5 Å². The van der Waals surface area contributed by atoms with Gasteiger partial charge < -0.3 is 4.57 Å². The van der Waals surface area contributed by atoms with Crippen molar-refractivity contribution in [1.29, 1.82) is 0 Å². The molecular weight excluding hydrogens is 599 g/mol. The Hall–Kier alpha value is -6.72. The van der Waals surface area contributed by atoms with Gasteiger partial charge in [0.2, 0.25) is 0 Å². The van der Waals surface area contributed by atoms with Crippen LogP contribution in [0.3, 0.4) is 0 Å². The van der Waals surface area contributed by atoms with Crippen molar-refractivity contribution in [1.82, 2.24) is 24.5 Å². The van der Waals surface area contributed by atoms with Crippen LogP contribution in [0.25, 0.3) is 83.9 Å². The van der Waals surface area contributed by atoms with Gasteiger partial charge in [-0.1, -0.05) is 121 Å². The highest BCUT2D eigenvalue weighted by atomic mass is 15.0. The van der Waals surface area contributed by atoms with Crippen molar-refractivity contribution < 1.29 is 0 Å². The number of nitrogens with zero attached hydrogens (tertiary/aromatic N) is 5. The van der Waals surface area contributed by atoms with Crippen molar-refractivity contribution in [3.63, 3.8) is 0 Å². The van der Waals surface area contributed by atoms with Crippen LogP contribution >= 0.6 is 0 Å². The Bertz CT molecular complexity index is 2520. The van der Waals surface area contributed by atoms with Gasteiger partial charge in [0.25, 0.3) is 0 Å². The molecule has 0 aliphatic rings. The summed E-state index contributed by atoms with van der Waals surface area (Å²) in [7, 11) is 0. The van der Waals surface area contributed by atoms with Gasteiger partial charge in [-0.05, 0) is 64.7 Å². The monoisotopic (exact) mass is 627 g/mol. The average molecular weight is 628 g/mol. The molecule has 0 aliphatic carbocycles. The van der Waals surface area contributed by atoms with Gasteiger partial charge in [0.1, 0.15) is 0 Å². The summed E-state index contributed by atoms with van der Waals surface area (Å²) in [6.07, 6.45) is 3.64. The van der Waals surface area contributed by atoms with Crippen molar-refractivity contribution in [2.75, 3.05) is 0 Å². The summed E-state index contributed by atoms with van der Waals surface area (Å²) in [6, 6.07) is 56.7. The maximum Gasteiger partial charge on any atom is 0.164 e. The number of hydrogen-bond donors (Lipinski definition) is 0. The zero-order chi connectivity index (χ0) is 32.6. The molecule has 0 amide bonds. The Kier molecular flexibility index (Phi) is 7.06. The number of aromatic nitrogens is 5. The molecular formula is C44H29N5. The minimum Gasteiger partial charge on any atom is -0.309 e. The van der Waals surface area contributed by atoms with Crippen LogP contribution in [0.15, 0.2) is 176 Å². The smallest absolute Gasteiger partial charge is 0.164 e. The van der Waals surface area contributed by atoms with E-state index in [1.165, 1.54) is 21.9 Å². The van der Waals surface area contributed by atoms with E-state index in [0.717, 1.165) is 44.5 Å². The van der Waals surface area contributed by atoms with Crippen LogP contribution in [0.4, 0.5) is 0 Å². The third-order valence-corrected chi connectivity index (χ3v) is 8.97. The fourth-order valence-corrected chi connectivity index (χ4v) is 6.63. The van der Waals surface area contributed by atoms with Crippen LogP contribution in [0.5, 0.6) is 0 Å². The molecule has 0 spiro atoms. The van der Waals surface area contributed by atoms with Crippen molar-refractivity contribution in [3.8, 4) is 62.1 Å². The first kappa shape index (κ1) is 28.5. The first-order chi connectivity index (χ1) is 24.3. The molecule has 6 aromatic carbocycles. The van der Waals surface area contributed by atoms with Gasteiger partial charge in [-0.15, -0.1) is 0 Å². The van der Waals surface area contributed by atoms with E-state index >= 15 is 0 Å². The Morgan fingerprint density at radius 3 is 1.59 bits per heavy atom. The molecule has 5 nitrogen and oxygen atoms in total. The number of hydrogen-bond acceptors (Lipinski definition) is 4. The third-order valence-electron chi connectivity index (χ3n) is 8.97. The Labute approximate surface area is 283 Å². The van der Waals surface area contributed by atoms with Gasteiger partial charge in [-0.2, -0.15) is 0 Å². The zero-order valence-corrected chi connectivity index (χ0v) is 26.5. The van der Waals surface area contributed by atoms with E-state index in [1.54, 1.807) is 0 Å². The Morgan fingerprint density at radius 2 is 0.918 bits per heavy atom. The second kappa shape index (κ2) is 12.1. The van der Waals surface area contributed by atoms with Gasteiger partial charge in [0.05, 0.1) is 11.0 Å². The summed E-state index contributed by atoms with van der Waals surface area (Å²) in [4.78, 5) is 19.5. The van der Waals surface area contributed by atoms with E-state index < -0.39 is 0 Å². The van der Waals surface area contributed by atoms with E-state index in [2.05, 4.69) is 101 Å². The van der Waals surface area contributed by atoms with Crippen LogP contribution in [0, 0.1) is 0 Å². The summed E-state index contributed by atoms with van der Waals surface area (Å²) in [5, 5.41) is 2.41. The maximum atomic E-state index is 5.13. The maximum absolute atomic E-state index is 5.13. The van der Waals surface area contributed by atoms with Crippen molar-refractivity contribution in [2.45, 2.75) is 0 Å². The highest BCUT2D eigenvalue weighted by Gasteiger charge is 2.19. The highest BCUT2D eigenvalue weighted by Crippen LogP contribution is 2.38. The molecule has 3 heterocycles. The molecule has 9 rings (SSSR count). The molecule has 0 saturated carbocycles. The molecule has 3 aromatic heterocycles. The first-order valence-corrected chi connectivity index (χ1v) is 16.3. The Morgan fingerprint density at radius 1 is 0.347 bits per heavy atom. The van der Waals surface area contributed by atoms with Crippen LogP contribution < -0.4 is 0 Å². The topological polar surface area (TPSA) is 56.5 Å². The largest absolute Gasteiger partial charge is 0.309 e. The second-order valence-corrected chi connectivity index (χ2v) is 12.0. The molecule has 5 heteroatoms. The van der Waals surface area contributed by atoms with Crippen LogP contribution in [-0.4, -0.2) is 24.5 Å². The summed E-state index contributed by atoms with van der Waals surface area (Å²) in [5.41, 5.74) is 10.5. The summed E-state index contributed by atoms with van der Waals surface area (Å²) < 4.78 is 2.34. The van der Waals surface area contributed by atoms with Crippen LogP contribution in [0.2, 0.25) is 0 Å². The SMILES string of the molecule is c1ccc(-c2ccc3c(c2)c2ccccc2n3-c2ccc(-c3ccncc3)c(-c3nc(-c4ccccc4)nc(-c4ccccc4)n3)c2)cc1. The molecule has 0 radical (unpaired) electrons. The minimum atomic E-state index is 0.605. The second-order valence-electron chi connectivity index (χ2n) is 12.0. The molecule has 0 N–H and O–H groups in total. The van der Waals surface area contributed by atoms with Crippen molar-refractivity contribution >= 4 is 21.8 Å². The van der Waals surface area contributed by atoms with E-state index in [-0.39, 0.29) is 0 Å². The minimum absolute atomic E-state index is 0.605. The summed E-state index contributed by atoms with van der Waals surface area (Å²) in [5.74, 6) is 1.86. The van der Waals surface area contributed by atoms with Crippen LogP contribution in [0.1, 0.15) is 0 Å². The quantitative estimate of drug-likeness (QED) is 0.184. The molecule has 49 heavy (non-hydrogen) atoms. The van der Waals surface area contributed by atoms with E-state index in [4.69, 9.17) is 15.0 Å². The fourth-order valence-electron chi connectivity index (χ4n) is 6.63. The van der Waals surface area contributed by atoms with Gasteiger partial charge >= 0.3 is 0 Å². The van der Waals surface area contributed by atoms with E-state index in [1.807, 2.05) is 85.2 Å². The molecule has 0 fully saturated rings. The van der Waals surface area contributed by atoms with Gasteiger partial charge in [-0.25, -0.2) is 15.0 Å². The van der Waals surface area contributed by atoms with Crippen molar-refractivity contribution in [2.24, 2.45) is 0 Å². The summed E-state index contributed by atoms with van der Waals surface area (Å²) in [6.45, 7) is 0. The van der Waals surface area contributed by atoms with Crippen LogP contribution in [-0.2, 0) is 0 Å². The molecule has 230 valence electrons. The Balaban J connectivity index is 1.30. The first-order valence-electron chi connectivity index (χ1n) is 16.3. The third kappa shape index (κ3) is 5.24. The predicted octanol–water partition coefficient (Wildman–Crippen LogP) is 10.7. The summed E-state index contributed by atoms with van der Waals surface area (Å²) >= 11 is 0. The normalized spacial score (nSPS) is 11.3. The molecule has 9 aromatic rings. The highest BCUT2D eigenvalue weighted by molar-refractivity contribution is 6.10. The van der Waals surface area contributed by atoms with Gasteiger partial charge in [0, 0.05) is 45.5 Å². The molecule has 0 unspecified atom stereocenters. The lowest BCUT2D eigenvalue weighted by molar-refractivity contribution is 1.07. The molecule has 0 saturated heterocycles. The van der Waals surface area contributed by atoms with Crippen molar-refractivity contribution in [3.05, 3.63) is 176 Å². The van der Waals surface area contributed by atoms with E-state index in [9.17, 15) is 0 Å². The molecule has 0 bridgehead atoms. The lowest BCUT2D eigenvalue weighted by Crippen LogP contribution is -2.02. The lowest BCUT2D eigenvalue weighted by atomic mass is 9.99. The van der Waals surface area contributed by atoms with E-state index in [0.29, 0.717) is 17.5 Å². The predicted molar refractivity (Wildman–Crippen MR) is 199 cm³/mol. The standard InChI is InChI=1S/C44H29N5/c1-4-12-30(13-5-1)34-20-23-41-38(28-34)37-18-10-11-19-40(37)49(41)35-21-22-36(31-24-26-45-27-25-31)39(29-35)44-47-42(32-14-6-2-7-15-32)46-43(48-44)33-16-8-3-9-17-33/h1-29H. The number of para-hydroxylation sites is 1. The lowest BCUT2D eigenvalue weighted by Gasteiger charge is -2.15. The molecule has 0 atom stereocenters. The number of benzene rings is 6. The zero-order valence-electron chi connectivity index (χ0n) is 26.5. The average Bonchev–Trinajstić information content (AvgIpc) is 3.52. The number of fused-ring (bicyclic) bond motifs is 3. The van der Waals surface area contributed by atoms with Gasteiger partial charge in [-0.3, -0.25) is 4.98 Å². The number of rotatable bonds is 6. The molecule has 0 aliphatic heterocycles.